The van der Waals surface area contributed by atoms with E-state index in [2.05, 4.69) is 11.4 Å². The molecule has 0 spiro atoms. The summed E-state index contributed by atoms with van der Waals surface area (Å²) in [5.74, 6) is 0.206. The Morgan fingerprint density at radius 2 is 2.37 bits per heavy atom. The molecule has 0 amide bonds. The highest BCUT2D eigenvalue weighted by Crippen LogP contribution is 2.41. The Balaban J connectivity index is 2.11. The lowest BCUT2D eigenvalue weighted by Crippen LogP contribution is -2.04. The standard InChI is InChI=1S/C13H17N3O2S/c1-18-6-2-5-16-13-9(7-14)10(15)12(19-13)11(17)8-3-4-8/h8,16H,2-6,15H2,1H3. The zero-order chi connectivity index (χ0) is 13.8. The number of ketones is 1. The van der Waals surface area contributed by atoms with Crippen LogP contribution in [0.15, 0.2) is 0 Å². The van der Waals surface area contributed by atoms with Gasteiger partial charge in [0.25, 0.3) is 0 Å². The van der Waals surface area contributed by atoms with E-state index in [9.17, 15) is 4.79 Å². The topological polar surface area (TPSA) is 88.1 Å². The summed E-state index contributed by atoms with van der Waals surface area (Å²) in [4.78, 5) is 12.6. The van der Waals surface area contributed by atoms with Gasteiger partial charge >= 0.3 is 0 Å². The maximum absolute atomic E-state index is 12.1. The summed E-state index contributed by atoms with van der Waals surface area (Å²) in [6.45, 7) is 1.35. The number of nitrogens with zero attached hydrogens (tertiary/aromatic N) is 1. The van der Waals surface area contributed by atoms with Crippen molar-refractivity contribution in [2.24, 2.45) is 5.92 Å². The van der Waals surface area contributed by atoms with Crippen LogP contribution in [0.5, 0.6) is 0 Å². The minimum absolute atomic E-state index is 0.0870. The molecule has 1 aliphatic carbocycles. The minimum Gasteiger partial charge on any atom is -0.396 e. The smallest absolute Gasteiger partial charge is 0.178 e. The Bertz CT molecular complexity index is 515. The monoisotopic (exact) mass is 279 g/mol. The zero-order valence-corrected chi connectivity index (χ0v) is 11.7. The maximum atomic E-state index is 12.1. The van der Waals surface area contributed by atoms with Gasteiger partial charge in [-0.2, -0.15) is 5.26 Å². The van der Waals surface area contributed by atoms with Crippen molar-refractivity contribution in [2.75, 3.05) is 31.3 Å². The lowest BCUT2D eigenvalue weighted by atomic mass is 10.1. The van der Waals surface area contributed by atoms with Gasteiger partial charge in [0.15, 0.2) is 5.78 Å². The van der Waals surface area contributed by atoms with Gasteiger partial charge in [0.1, 0.15) is 16.6 Å². The van der Waals surface area contributed by atoms with Crippen LogP contribution in [0, 0.1) is 17.2 Å². The second-order valence-corrected chi connectivity index (χ2v) is 5.59. The van der Waals surface area contributed by atoms with E-state index in [4.69, 9.17) is 15.7 Å². The highest BCUT2D eigenvalue weighted by molar-refractivity contribution is 7.19. The maximum Gasteiger partial charge on any atom is 0.178 e. The minimum atomic E-state index is 0.0870. The first kappa shape index (κ1) is 13.8. The second-order valence-electron chi connectivity index (χ2n) is 4.57. The van der Waals surface area contributed by atoms with E-state index in [-0.39, 0.29) is 11.7 Å². The van der Waals surface area contributed by atoms with E-state index in [1.54, 1.807) is 7.11 Å². The summed E-state index contributed by atoms with van der Waals surface area (Å²) in [5, 5.41) is 13.0. The summed E-state index contributed by atoms with van der Waals surface area (Å²) in [6, 6.07) is 2.08. The van der Waals surface area contributed by atoms with Crippen LogP contribution in [0.4, 0.5) is 10.7 Å². The first-order chi connectivity index (χ1) is 9.19. The molecule has 1 heterocycles. The summed E-state index contributed by atoms with van der Waals surface area (Å²) in [6.07, 6.45) is 2.72. The largest absolute Gasteiger partial charge is 0.396 e. The molecule has 19 heavy (non-hydrogen) atoms. The molecule has 0 bridgehead atoms. The zero-order valence-electron chi connectivity index (χ0n) is 10.9. The van der Waals surface area contributed by atoms with E-state index < -0.39 is 0 Å². The van der Waals surface area contributed by atoms with Gasteiger partial charge in [0, 0.05) is 26.2 Å². The van der Waals surface area contributed by atoms with Crippen LogP contribution in [0.2, 0.25) is 0 Å². The average molecular weight is 279 g/mol. The molecule has 1 saturated carbocycles. The fraction of sp³-hybridized carbons (Fsp3) is 0.538. The molecule has 1 aromatic rings. The first-order valence-corrected chi connectivity index (χ1v) is 7.10. The van der Waals surface area contributed by atoms with Crippen molar-refractivity contribution in [3.05, 3.63) is 10.4 Å². The van der Waals surface area contributed by atoms with Crippen molar-refractivity contribution >= 4 is 27.8 Å². The van der Waals surface area contributed by atoms with Gasteiger partial charge in [0.2, 0.25) is 0 Å². The number of nitrogens with two attached hydrogens (primary N) is 1. The van der Waals surface area contributed by atoms with Crippen LogP contribution < -0.4 is 11.1 Å². The number of hydrogen-bond acceptors (Lipinski definition) is 6. The molecule has 0 radical (unpaired) electrons. The van der Waals surface area contributed by atoms with Crippen LogP contribution in [0.3, 0.4) is 0 Å². The fourth-order valence-corrected chi connectivity index (χ4v) is 2.93. The summed E-state index contributed by atoms with van der Waals surface area (Å²) in [7, 11) is 1.65. The molecule has 1 fully saturated rings. The van der Waals surface area contributed by atoms with Gasteiger partial charge in [0.05, 0.1) is 10.6 Å². The van der Waals surface area contributed by atoms with Gasteiger partial charge in [-0.05, 0) is 19.3 Å². The fourth-order valence-electron chi connectivity index (χ4n) is 1.81. The first-order valence-electron chi connectivity index (χ1n) is 6.28. The predicted octanol–water partition coefficient (Wildman–Crippen LogP) is 2.24. The number of anilines is 2. The third-order valence-electron chi connectivity index (χ3n) is 3.04. The van der Waals surface area contributed by atoms with E-state index in [1.165, 1.54) is 11.3 Å². The molecule has 0 unspecified atom stereocenters. The van der Waals surface area contributed by atoms with Crippen LogP contribution >= 0.6 is 11.3 Å². The third-order valence-corrected chi connectivity index (χ3v) is 4.22. The Kier molecular flexibility index (Phi) is 4.40. The van der Waals surface area contributed by atoms with E-state index >= 15 is 0 Å². The number of ether oxygens (including phenoxy) is 1. The van der Waals surface area contributed by atoms with Gasteiger partial charge < -0.3 is 15.8 Å². The molecular weight excluding hydrogens is 262 g/mol. The molecule has 3 N–H and O–H groups in total. The van der Waals surface area contributed by atoms with Crippen molar-refractivity contribution < 1.29 is 9.53 Å². The van der Waals surface area contributed by atoms with Gasteiger partial charge in [-0.1, -0.05) is 0 Å². The quantitative estimate of drug-likeness (QED) is 0.590. The SMILES string of the molecule is COCCCNc1sc(C(=O)C2CC2)c(N)c1C#N. The summed E-state index contributed by atoms with van der Waals surface area (Å²) < 4.78 is 4.96. The number of nitrogen functional groups attached to an aromatic ring is 1. The number of methoxy groups -OCH3 is 1. The molecule has 0 saturated heterocycles. The number of thiophene rings is 1. The Morgan fingerprint density at radius 3 is 2.95 bits per heavy atom. The van der Waals surface area contributed by atoms with E-state index in [0.717, 1.165) is 19.3 Å². The number of carbonyl (C=O) groups is 1. The molecule has 2 rings (SSSR count). The molecule has 6 heteroatoms. The highest BCUT2D eigenvalue weighted by atomic mass is 32.1. The molecular formula is C13H17N3O2S. The average Bonchev–Trinajstić information content (AvgIpc) is 3.19. The lowest BCUT2D eigenvalue weighted by Gasteiger charge is -2.03. The van der Waals surface area contributed by atoms with Crippen LogP contribution in [-0.4, -0.2) is 26.0 Å². The van der Waals surface area contributed by atoms with Crippen LogP contribution in [0.1, 0.15) is 34.5 Å². The van der Waals surface area contributed by atoms with Gasteiger partial charge in [-0.3, -0.25) is 4.79 Å². The highest BCUT2D eigenvalue weighted by Gasteiger charge is 2.34. The van der Waals surface area contributed by atoms with Crippen molar-refractivity contribution in [3.8, 4) is 6.07 Å². The van der Waals surface area contributed by atoms with E-state index in [0.29, 0.717) is 34.3 Å². The van der Waals surface area contributed by atoms with Crippen molar-refractivity contribution in [1.29, 1.82) is 5.26 Å². The summed E-state index contributed by atoms with van der Waals surface area (Å²) in [5.41, 5.74) is 6.64. The number of hydrogen-bond donors (Lipinski definition) is 2. The molecule has 0 aliphatic heterocycles. The second kappa shape index (κ2) is 6.04. The van der Waals surface area contributed by atoms with Gasteiger partial charge in [-0.25, -0.2) is 0 Å². The number of nitriles is 1. The van der Waals surface area contributed by atoms with Crippen LogP contribution in [0.25, 0.3) is 0 Å². The predicted molar refractivity (Wildman–Crippen MR) is 75.5 cm³/mol. The van der Waals surface area contributed by atoms with Crippen molar-refractivity contribution in [3.63, 3.8) is 0 Å². The number of nitrogens with one attached hydrogen (secondary N) is 1. The molecule has 0 atom stereocenters. The molecule has 1 aromatic heterocycles. The molecule has 102 valence electrons. The molecule has 5 nitrogen and oxygen atoms in total. The third kappa shape index (κ3) is 3.06. The Labute approximate surface area is 116 Å². The number of rotatable bonds is 7. The summed E-state index contributed by atoms with van der Waals surface area (Å²) >= 11 is 1.30. The van der Waals surface area contributed by atoms with E-state index in [1.807, 2.05) is 0 Å². The number of Topliss-reactive ketones (excluding diaryl/α,β-unsaturated/α-hetero) is 1. The Hall–Kier alpha value is -1.58. The number of carbonyl (C=O) groups excluding carboxylic acids is 1. The molecule has 0 aromatic carbocycles. The van der Waals surface area contributed by atoms with Crippen molar-refractivity contribution in [2.45, 2.75) is 19.3 Å². The Morgan fingerprint density at radius 1 is 1.63 bits per heavy atom. The normalized spacial score (nSPS) is 14.1. The van der Waals surface area contributed by atoms with Gasteiger partial charge in [-0.15, -0.1) is 11.3 Å². The lowest BCUT2D eigenvalue weighted by molar-refractivity contribution is 0.0972. The van der Waals surface area contributed by atoms with Crippen molar-refractivity contribution in [1.82, 2.24) is 0 Å². The molecule has 1 aliphatic rings. The van der Waals surface area contributed by atoms with Crippen LogP contribution in [-0.2, 0) is 4.74 Å².